The van der Waals surface area contributed by atoms with Gasteiger partial charge in [0.15, 0.2) is 5.75 Å². The molecule has 0 bridgehead atoms. The molecule has 0 radical (unpaired) electrons. The van der Waals surface area contributed by atoms with Gasteiger partial charge < -0.3 is 4.18 Å². The van der Waals surface area contributed by atoms with Gasteiger partial charge in [0, 0.05) is 12.4 Å². The number of para-hydroxylation sites is 2. The molecule has 2 aromatic rings. The van der Waals surface area contributed by atoms with Gasteiger partial charge in [0.2, 0.25) is 0 Å². The second-order valence-electron chi connectivity index (χ2n) is 2.89. The summed E-state index contributed by atoms with van der Waals surface area (Å²) in [6, 6.07) is 7.75. The van der Waals surface area contributed by atoms with Crippen LogP contribution >= 0.6 is 17.0 Å². The molecule has 17 heavy (non-hydrogen) atoms. The van der Waals surface area contributed by atoms with Crippen LogP contribution in [-0.2, 0) is 10.5 Å². The first-order valence-corrected chi connectivity index (χ1v) is 5.60. The zero-order valence-corrected chi connectivity index (χ0v) is 10.9. The molecular weight excluding hydrogens is 315 g/mol. The fraction of sp³-hybridized carbons (Fsp3) is 0. The van der Waals surface area contributed by atoms with Crippen LogP contribution in [-0.4, -0.2) is 18.2 Å². The molecule has 0 unspecified atom stereocenters. The number of nitrogens with zero attached hydrogens (tertiary/aromatic N) is 2. The van der Waals surface area contributed by atoms with Crippen LogP contribution in [0.4, 0.5) is 3.89 Å². The molecule has 0 spiro atoms. The van der Waals surface area contributed by atoms with Crippen molar-refractivity contribution < 1.29 is 16.5 Å². The molecule has 0 aliphatic heterocycles. The van der Waals surface area contributed by atoms with E-state index in [1.807, 2.05) is 0 Å². The summed E-state index contributed by atoms with van der Waals surface area (Å²) in [5.41, 5.74) is 0.341. The maximum absolute atomic E-state index is 12.4. The highest BCUT2D eigenvalue weighted by molar-refractivity contribution is 8.93. The minimum absolute atomic E-state index is 0. The van der Waals surface area contributed by atoms with Gasteiger partial charge in [0.05, 0.1) is 0 Å². The Kier molecular flexibility index (Phi) is 4.24. The third-order valence-corrected chi connectivity index (χ3v) is 2.18. The lowest BCUT2D eigenvalue weighted by molar-refractivity contribution is 0.438. The molecule has 1 heterocycles. The quantitative estimate of drug-likeness (QED) is 0.811. The van der Waals surface area contributed by atoms with Crippen molar-refractivity contribution in [3.05, 3.63) is 42.7 Å². The van der Waals surface area contributed by atoms with Crippen molar-refractivity contribution in [2.24, 2.45) is 0 Å². The first-order chi connectivity index (χ1) is 7.56. The Balaban J connectivity index is 0.00000144. The van der Waals surface area contributed by atoms with Crippen LogP contribution in [0.3, 0.4) is 0 Å². The maximum atomic E-state index is 12.4. The summed E-state index contributed by atoms with van der Waals surface area (Å²) in [4.78, 5) is 0. The molecule has 1 aromatic carbocycles. The van der Waals surface area contributed by atoms with Gasteiger partial charge in [-0.3, -0.25) is 0 Å². The number of hydrogen-bond acceptors (Lipinski definition) is 4. The molecule has 0 saturated carbocycles. The van der Waals surface area contributed by atoms with E-state index in [-0.39, 0.29) is 22.7 Å². The van der Waals surface area contributed by atoms with Crippen molar-refractivity contribution in [2.45, 2.75) is 0 Å². The van der Waals surface area contributed by atoms with Crippen molar-refractivity contribution in [3.8, 4) is 11.4 Å². The molecule has 0 saturated heterocycles. The Morgan fingerprint density at radius 3 is 2.53 bits per heavy atom. The average molecular weight is 323 g/mol. The van der Waals surface area contributed by atoms with Crippen LogP contribution in [0.15, 0.2) is 42.7 Å². The van der Waals surface area contributed by atoms with Crippen molar-refractivity contribution in [1.29, 1.82) is 0 Å². The number of hydrogen-bond donors (Lipinski definition) is 0. The summed E-state index contributed by atoms with van der Waals surface area (Å²) in [5, 5.41) is 3.90. The monoisotopic (exact) mass is 322 g/mol. The topological polar surface area (TPSA) is 61.2 Å². The Morgan fingerprint density at radius 2 is 1.94 bits per heavy atom. The van der Waals surface area contributed by atoms with Crippen LogP contribution in [0.25, 0.3) is 5.69 Å². The predicted molar refractivity (Wildman–Crippen MR) is 64.5 cm³/mol. The lowest BCUT2D eigenvalue weighted by atomic mass is 10.3. The van der Waals surface area contributed by atoms with Crippen molar-refractivity contribution in [3.63, 3.8) is 0 Å². The fourth-order valence-corrected chi connectivity index (χ4v) is 1.59. The second-order valence-corrected chi connectivity index (χ2v) is 3.85. The highest BCUT2D eigenvalue weighted by Crippen LogP contribution is 2.23. The number of benzene rings is 1. The van der Waals surface area contributed by atoms with E-state index in [9.17, 15) is 12.3 Å². The highest BCUT2D eigenvalue weighted by Gasteiger charge is 2.14. The summed E-state index contributed by atoms with van der Waals surface area (Å²) >= 11 is 0. The molecule has 5 nitrogen and oxygen atoms in total. The van der Waals surface area contributed by atoms with Crippen LogP contribution in [0.1, 0.15) is 0 Å². The van der Waals surface area contributed by atoms with Crippen LogP contribution in [0.2, 0.25) is 0 Å². The molecular formula is C9H8BrFN2O3S. The summed E-state index contributed by atoms with van der Waals surface area (Å²) in [6.07, 6.45) is 3.10. The van der Waals surface area contributed by atoms with E-state index >= 15 is 0 Å². The SMILES string of the molecule is Br.O=S(=O)(F)Oc1ccccc1-n1cccn1. The summed E-state index contributed by atoms with van der Waals surface area (Å²) in [5.74, 6) is -0.117. The molecule has 8 heteroatoms. The van der Waals surface area contributed by atoms with E-state index in [0.29, 0.717) is 5.69 Å². The Hall–Kier alpha value is -1.41. The lowest BCUT2D eigenvalue weighted by Gasteiger charge is -2.07. The number of halogens is 2. The van der Waals surface area contributed by atoms with Gasteiger partial charge in [-0.15, -0.1) is 17.0 Å². The van der Waals surface area contributed by atoms with Gasteiger partial charge in [-0.25, -0.2) is 4.68 Å². The van der Waals surface area contributed by atoms with Crippen LogP contribution < -0.4 is 4.18 Å². The largest absolute Gasteiger partial charge is 0.488 e. The van der Waals surface area contributed by atoms with E-state index in [1.54, 1.807) is 24.4 Å². The van der Waals surface area contributed by atoms with Gasteiger partial charge in [-0.05, 0) is 18.2 Å². The van der Waals surface area contributed by atoms with Gasteiger partial charge in [-0.1, -0.05) is 16.0 Å². The molecule has 0 N–H and O–H groups in total. The lowest BCUT2D eigenvalue weighted by Crippen LogP contribution is -2.05. The molecule has 1 aromatic heterocycles. The maximum Gasteiger partial charge on any atom is 0.488 e. The molecule has 2 rings (SSSR count). The normalized spacial score (nSPS) is 10.6. The number of aromatic nitrogens is 2. The molecule has 0 atom stereocenters. The van der Waals surface area contributed by atoms with Crippen molar-refractivity contribution in [1.82, 2.24) is 9.78 Å². The first-order valence-electron chi connectivity index (χ1n) is 4.29. The minimum Gasteiger partial charge on any atom is -0.356 e. The summed E-state index contributed by atoms with van der Waals surface area (Å²) in [7, 11) is -5.03. The molecule has 92 valence electrons. The second kappa shape index (κ2) is 5.28. The standard InChI is InChI=1S/C9H7FN2O3S.BrH/c10-16(13,14)15-9-5-2-1-4-8(9)12-7-3-6-11-12;/h1-7H;1H. The van der Waals surface area contributed by atoms with E-state index in [2.05, 4.69) is 9.28 Å². The van der Waals surface area contributed by atoms with E-state index in [4.69, 9.17) is 0 Å². The third-order valence-electron chi connectivity index (χ3n) is 1.81. The van der Waals surface area contributed by atoms with Crippen LogP contribution in [0, 0.1) is 0 Å². The van der Waals surface area contributed by atoms with E-state index in [0.717, 1.165) is 0 Å². The summed E-state index contributed by atoms with van der Waals surface area (Å²) in [6.45, 7) is 0. The van der Waals surface area contributed by atoms with E-state index in [1.165, 1.54) is 23.0 Å². The minimum atomic E-state index is -5.03. The van der Waals surface area contributed by atoms with Gasteiger partial charge in [0.25, 0.3) is 0 Å². The fourth-order valence-electron chi connectivity index (χ4n) is 1.24. The molecule has 0 amide bonds. The molecule has 0 aliphatic carbocycles. The highest BCUT2D eigenvalue weighted by atomic mass is 79.9. The molecule has 0 aliphatic rings. The summed E-state index contributed by atoms with van der Waals surface area (Å²) < 4.78 is 38.8. The average Bonchev–Trinajstić information content (AvgIpc) is 2.69. The Bertz CT molecular complexity index is 586. The van der Waals surface area contributed by atoms with E-state index < -0.39 is 10.5 Å². The zero-order valence-electron chi connectivity index (χ0n) is 8.36. The van der Waals surface area contributed by atoms with Gasteiger partial charge in [-0.2, -0.15) is 13.5 Å². The Labute approximate surface area is 108 Å². The molecule has 0 fully saturated rings. The first kappa shape index (κ1) is 13.7. The Morgan fingerprint density at radius 1 is 1.24 bits per heavy atom. The van der Waals surface area contributed by atoms with Crippen molar-refractivity contribution in [2.75, 3.05) is 0 Å². The third kappa shape index (κ3) is 3.53. The van der Waals surface area contributed by atoms with Crippen LogP contribution in [0.5, 0.6) is 5.75 Å². The predicted octanol–water partition coefficient (Wildman–Crippen LogP) is 2.04. The van der Waals surface area contributed by atoms with Gasteiger partial charge in [0.1, 0.15) is 5.69 Å². The zero-order chi connectivity index (χ0) is 11.6. The van der Waals surface area contributed by atoms with Gasteiger partial charge >= 0.3 is 10.5 Å². The number of rotatable bonds is 3. The smallest absolute Gasteiger partial charge is 0.356 e. The van der Waals surface area contributed by atoms with Crippen molar-refractivity contribution >= 4 is 27.5 Å².